The Morgan fingerprint density at radius 1 is 1.27 bits per heavy atom. The number of aliphatic carboxylic acids is 1. The maximum absolute atomic E-state index is 12.9. The van der Waals surface area contributed by atoms with Gasteiger partial charge in [0.15, 0.2) is 5.13 Å². The SMILES string of the molecule is Cc1cc(SCC2=C(C(=O)O)N3C(=O)[C@@H](NC(=O)C(=O)c4csc(N)n4)[C@H]3SC2)n2nc(C(=O)N(C)O)nc2n1. The minimum atomic E-state index is -1.32. The van der Waals surface area contributed by atoms with Gasteiger partial charge in [-0.1, -0.05) is 0 Å². The minimum Gasteiger partial charge on any atom is -0.477 e. The van der Waals surface area contributed by atoms with Gasteiger partial charge in [-0.3, -0.25) is 29.3 Å². The summed E-state index contributed by atoms with van der Waals surface area (Å²) in [5, 5.41) is 27.4. The van der Waals surface area contributed by atoms with Crippen LogP contribution in [0.1, 0.15) is 26.8 Å². The van der Waals surface area contributed by atoms with Gasteiger partial charge in [-0.05, 0) is 18.6 Å². The van der Waals surface area contributed by atoms with Crippen LogP contribution in [0.3, 0.4) is 0 Å². The van der Waals surface area contributed by atoms with Crippen molar-refractivity contribution in [3.63, 3.8) is 0 Å². The Labute approximate surface area is 236 Å². The molecule has 40 heavy (non-hydrogen) atoms. The summed E-state index contributed by atoms with van der Waals surface area (Å²) in [4.78, 5) is 75.1. The molecule has 3 amide bonds. The number of thioether (sulfide) groups is 2. The molecule has 19 heteroatoms. The Balaban J connectivity index is 1.34. The lowest BCUT2D eigenvalue weighted by molar-refractivity contribution is -0.150. The van der Waals surface area contributed by atoms with Gasteiger partial charge in [0.05, 0.1) is 0 Å². The topological polar surface area (TPSA) is 226 Å². The van der Waals surface area contributed by atoms with Crippen molar-refractivity contribution in [2.24, 2.45) is 0 Å². The van der Waals surface area contributed by atoms with Crippen LogP contribution in [0.15, 0.2) is 27.7 Å². The lowest BCUT2D eigenvalue weighted by atomic mass is 10.0. The number of carboxylic acids is 1. The summed E-state index contributed by atoms with van der Waals surface area (Å²) in [6.45, 7) is 1.71. The standard InChI is InChI=1S/C21H19N9O7S3/c1-7-3-10(30-21(23-7)26-14(27-30)17(34)28(2)37)38-4-8-5-39-18-11(16(33)29(18)12(8)19(35)36)25-15(32)13(31)9-6-40-20(22)24-9/h3,6,11,18,37H,4-5H2,1-2H3,(H2,22,24)(H,25,32)(H,35,36)/t11-,18-/m1/s1. The molecule has 5 heterocycles. The summed E-state index contributed by atoms with van der Waals surface area (Å²) >= 11 is 3.44. The van der Waals surface area contributed by atoms with Gasteiger partial charge in [-0.25, -0.2) is 19.8 Å². The number of hydroxylamine groups is 2. The first kappa shape index (κ1) is 27.5. The second-order valence-electron chi connectivity index (χ2n) is 8.52. The molecule has 0 spiro atoms. The molecule has 5 rings (SSSR count). The van der Waals surface area contributed by atoms with Crippen molar-refractivity contribution < 1.29 is 34.3 Å². The van der Waals surface area contributed by atoms with Crippen molar-refractivity contribution in [2.45, 2.75) is 23.4 Å². The fourth-order valence-corrected chi connectivity index (χ4v) is 7.04. The number of carbonyl (C=O) groups excluding carboxylic acids is 4. The average Bonchev–Trinajstić information content (AvgIpc) is 3.54. The van der Waals surface area contributed by atoms with E-state index in [0.29, 0.717) is 21.4 Å². The highest BCUT2D eigenvalue weighted by Crippen LogP contribution is 2.41. The number of aryl methyl sites for hydroxylation is 1. The highest BCUT2D eigenvalue weighted by molar-refractivity contribution is 8.01. The molecular weight excluding hydrogens is 586 g/mol. The minimum absolute atomic E-state index is 0.115. The summed E-state index contributed by atoms with van der Waals surface area (Å²) in [6.07, 6.45) is 0. The molecule has 0 unspecified atom stereocenters. The van der Waals surface area contributed by atoms with Gasteiger partial charge >= 0.3 is 11.9 Å². The Morgan fingerprint density at radius 2 is 2.02 bits per heavy atom. The third-order valence-electron chi connectivity index (χ3n) is 5.78. The van der Waals surface area contributed by atoms with Gasteiger partial charge in [-0.2, -0.15) is 9.50 Å². The van der Waals surface area contributed by atoms with E-state index in [4.69, 9.17) is 5.73 Å². The van der Waals surface area contributed by atoms with Crippen LogP contribution in [0.25, 0.3) is 5.78 Å². The van der Waals surface area contributed by atoms with Crippen LogP contribution in [-0.4, -0.2) is 104 Å². The van der Waals surface area contributed by atoms with Gasteiger partial charge in [-0.15, -0.1) is 40.0 Å². The number of nitrogens with one attached hydrogen (secondary N) is 1. The van der Waals surface area contributed by atoms with E-state index in [-0.39, 0.29) is 39.6 Å². The number of ketones is 1. The number of anilines is 1. The molecule has 208 valence electrons. The van der Waals surface area contributed by atoms with Gasteiger partial charge < -0.3 is 16.2 Å². The van der Waals surface area contributed by atoms with Crippen molar-refractivity contribution in [3.8, 4) is 0 Å². The van der Waals surface area contributed by atoms with E-state index >= 15 is 0 Å². The number of Topliss-reactive ketones (excluding diaryl/α,β-unsaturated/α-hetero) is 1. The van der Waals surface area contributed by atoms with Gasteiger partial charge in [0.1, 0.15) is 27.8 Å². The number of carboxylic acid groups (broad SMARTS) is 1. The first-order chi connectivity index (χ1) is 19.0. The molecule has 0 radical (unpaired) electrons. The molecule has 2 aliphatic rings. The summed E-state index contributed by atoms with van der Waals surface area (Å²) in [5.41, 5.74) is 6.17. The number of fused-ring (bicyclic) bond motifs is 2. The zero-order chi connectivity index (χ0) is 28.9. The summed E-state index contributed by atoms with van der Waals surface area (Å²) in [7, 11) is 1.14. The van der Waals surface area contributed by atoms with Crippen molar-refractivity contribution in [1.29, 1.82) is 0 Å². The lowest BCUT2D eigenvalue weighted by Gasteiger charge is -2.49. The molecular formula is C21H19N9O7S3. The van der Waals surface area contributed by atoms with Crippen LogP contribution in [0.4, 0.5) is 5.13 Å². The third kappa shape index (κ3) is 4.87. The zero-order valence-electron chi connectivity index (χ0n) is 20.6. The van der Waals surface area contributed by atoms with Crippen LogP contribution in [0, 0.1) is 6.92 Å². The first-order valence-corrected chi connectivity index (χ1v) is 14.2. The van der Waals surface area contributed by atoms with Gasteiger partial charge in [0, 0.05) is 29.6 Å². The third-order valence-corrected chi connectivity index (χ3v) is 8.88. The number of β-lactam (4-membered cyclic amide) rings is 1. The second-order valence-corrected chi connectivity index (χ2v) is 11.5. The fraction of sp³-hybridized carbons (Fsp3) is 0.286. The monoisotopic (exact) mass is 605 g/mol. The van der Waals surface area contributed by atoms with E-state index in [1.54, 1.807) is 13.0 Å². The maximum Gasteiger partial charge on any atom is 0.352 e. The number of aromatic nitrogens is 5. The summed E-state index contributed by atoms with van der Waals surface area (Å²) in [5.74, 6) is -4.58. The number of nitrogen functional groups attached to an aromatic ring is 1. The molecule has 1 saturated heterocycles. The average molecular weight is 606 g/mol. The van der Waals surface area contributed by atoms with E-state index in [0.717, 1.165) is 23.3 Å². The molecule has 2 atom stereocenters. The number of thiazole rings is 1. The molecule has 0 saturated carbocycles. The molecule has 16 nitrogen and oxygen atoms in total. The van der Waals surface area contributed by atoms with E-state index in [9.17, 15) is 34.3 Å². The Kier molecular flexibility index (Phi) is 7.21. The highest BCUT2D eigenvalue weighted by atomic mass is 32.2. The first-order valence-electron chi connectivity index (χ1n) is 11.3. The summed E-state index contributed by atoms with van der Waals surface area (Å²) < 4.78 is 1.31. The van der Waals surface area contributed by atoms with E-state index < -0.39 is 40.9 Å². The number of nitrogens with zero attached hydrogens (tertiary/aromatic N) is 7. The molecule has 0 bridgehead atoms. The molecule has 0 aromatic carbocycles. The van der Waals surface area contributed by atoms with E-state index in [2.05, 4.69) is 25.4 Å². The quantitative estimate of drug-likeness (QED) is 0.0489. The maximum atomic E-state index is 12.9. The van der Waals surface area contributed by atoms with Crippen LogP contribution in [0.5, 0.6) is 0 Å². The molecule has 3 aromatic heterocycles. The number of rotatable bonds is 8. The van der Waals surface area contributed by atoms with Crippen LogP contribution >= 0.6 is 34.9 Å². The predicted octanol–water partition coefficient (Wildman–Crippen LogP) is -0.354. The highest BCUT2D eigenvalue weighted by Gasteiger charge is 2.54. The van der Waals surface area contributed by atoms with E-state index in [1.165, 1.54) is 33.4 Å². The van der Waals surface area contributed by atoms with Crippen LogP contribution < -0.4 is 11.1 Å². The number of hydrogen-bond acceptors (Lipinski definition) is 14. The largest absolute Gasteiger partial charge is 0.477 e. The molecule has 1 fully saturated rings. The smallest absolute Gasteiger partial charge is 0.352 e. The van der Waals surface area contributed by atoms with Crippen molar-refractivity contribution >= 4 is 75.2 Å². The van der Waals surface area contributed by atoms with Gasteiger partial charge in [0.2, 0.25) is 5.82 Å². The number of amides is 3. The number of carbonyl (C=O) groups is 5. The van der Waals surface area contributed by atoms with Crippen molar-refractivity contribution in [3.05, 3.63) is 39.9 Å². The van der Waals surface area contributed by atoms with Crippen LogP contribution in [-0.2, 0) is 14.4 Å². The summed E-state index contributed by atoms with van der Waals surface area (Å²) in [6, 6.07) is 0.593. The molecule has 3 aromatic rings. The number of nitrogens with two attached hydrogens (primary N) is 1. The van der Waals surface area contributed by atoms with Gasteiger partial charge in [0.25, 0.3) is 23.4 Å². The fourth-order valence-electron chi connectivity index (χ4n) is 3.96. The molecule has 0 aliphatic carbocycles. The lowest BCUT2D eigenvalue weighted by Crippen LogP contribution is -2.71. The normalized spacial score (nSPS) is 18.4. The van der Waals surface area contributed by atoms with E-state index in [1.807, 2.05) is 0 Å². The predicted molar refractivity (Wildman–Crippen MR) is 141 cm³/mol. The Morgan fingerprint density at radius 3 is 2.67 bits per heavy atom. The Bertz CT molecular complexity index is 1630. The zero-order valence-corrected chi connectivity index (χ0v) is 23.0. The second kappa shape index (κ2) is 10.5. The van der Waals surface area contributed by atoms with Crippen molar-refractivity contribution in [2.75, 3.05) is 24.3 Å². The Hall–Kier alpha value is -4.07. The molecule has 5 N–H and O–H groups in total. The molecule has 2 aliphatic heterocycles. The van der Waals surface area contributed by atoms with Crippen LogP contribution in [0.2, 0.25) is 0 Å². The number of hydrogen-bond donors (Lipinski definition) is 4. The van der Waals surface area contributed by atoms with Crippen molar-refractivity contribution in [1.82, 2.24) is 39.8 Å².